The number of carbonyl (C=O) groups excluding carboxylic acids is 1. The number of pyridine rings is 1. The molecule has 3 aromatic rings. The normalized spacial score (nSPS) is 19.6. The highest BCUT2D eigenvalue weighted by Gasteiger charge is 2.39. The number of nitrogens with one attached hydrogen (secondary N) is 1. The monoisotopic (exact) mass is 493 g/mol. The summed E-state index contributed by atoms with van der Waals surface area (Å²) in [6.45, 7) is 1.08. The summed E-state index contributed by atoms with van der Waals surface area (Å²) < 4.78 is 34.9. The highest BCUT2D eigenvalue weighted by atomic mass is 32.2. The number of methoxy groups -OCH3 is 1. The first-order chi connectivity index (χ1) is 16.8. The average molecular weight is 494 g/mol. The lowest BCUT2D eigenvalue weighted by Crippen LogP contribution is -2.49. The lowest BCUT2D eigenvalue weighted by atomic mass is 9.84. The van der Waals surface area contributed by atoms with E-state index in [1.54, 1.807) is 34.9 Å². The van der Waals surface area contributed by atoms with E-state index in [1.165, 1.54) is 11.4 Å². The van der Waals surface area contributed by atoms with Crippen LogP contribution in [0.1, 0.15) is 23.6 Å². The van der Waals surface area contributed by atoms with Crippen molar-refractivity contribution in [3.05, 3.63) is 88.3 Å². The molecule has 182 valence electrons. The number of hydrogen-bond acceptors (Lipinski definition) is 5. The summed E-state index contributed by atoms with van der Waals surface area (Å²) in [6.07, 6.45) is 1.01. The third-order valence-corrected chi connectivity index (χ3v) is 8.60. The molecule has 35 heavy (non-hydrogen) atoms. The maximum absolute atomic E-state index is 13.3. The van der Waals surface area contributed by atoms with Crippen molar-refractivity contribution in [2.75, 3.05) is 25.5 Å². The zero-order chi connectivity index (χ0) is 24.6. The van der Waals surface area contributed by atoms with Crippen LogP contribution < -0.4 is 15.6 Å². The molecule has 2 atom stereocenters. The number of ether oxygens (including phenoxy) is 1. The number of hydrogen-bond donors (Lipinski definition) is 1. The lowest BCUT2D eigenvalue weighted by molar-refractivity contribution is -0.115. The lowest BCUT2D eigenvalue weighted by Gasteiger charge is -2.42. The molecule has 1 N–H and O–H groups in total. The number of sulfonamides is 1. The van der Waals surface area contributed by atoms with Crippen molar-refractivity contribution in [2.45, 2.75) is 30.2 Å². The average Bonchev–Trinajstić information content (AvgIpc) is 2.86. The highest BCUT2D eigenvalue weighted by molar-refractivity contribution is 7.89. The largest absolute Gasteiger partial charge is 0.497 e. The van der Waals surface area contributed by atoms with Gasteiger partial charge in [0.05, 0.1) is 18.4 Å². The number of aromatic nitrogens is 1. The number of carbonyl (C=O) groups is 1. The van der Waals surface area contributed by atoms with Crippen LogP contribution in [0.3, 0.4) is 0 Å². The number of nitrogens with zero attached hydrogens (tertiary/aromatic N) is 2. The molecule has 5 rings (SSSR count). The molecule has 9 heteroatoms. The van der Waals surface area contributed by atoms with Crippen molar-refractivity contribution >= 4 is 21.6 Å². The van der Waals surface area contributed by atoms with E-state index < -0.39 is 10.0 Å². The van der Waals surface area contributed by atoms with E-state index in [4.69, 9.17) is 4.74 Å². The van der Waals surface area contributed by atoms with Crippen LogP contribution in [0.25, 0.3) is 0 Å². The predicted molar refractivity (Wildman–Crippen MR) is 132 cm³/mol. The Morgan fingerprint density at radius 1 is 1.00 bits per heavy atom. The molecule has 1 aromatic heterocycles. The van der Waals surface area contributed by atoms with E-state index in [0.717, 1.165) is 17.7 Å². The Bertz CT molecular complexity index is 1400. The fourth-order valence-electron chi connectivity index (χ4n) is 5.07. The minimum Gasteiger partial charge on any atom is -0.497 e. The van der Waals surface area contributed by atoms with E-state index in [-0.39, 0.29) is 40.3 Å². The third-order valence-electron chi connectivity index (χ3n) is 6.75. The van der Waals surface area contributed by atoms with Crippen molar-refractivity contribution in [3.63, 3.8) is 0 Å². The molecule has 8 nitrogen and oxygen atoms in total. The Hall–Kier alpha value is -3.43. The van der Waals surface area contributed by atoms with Gasteiger partial charge in [0, 0.05) is 31.2 Å². The first-order valence-corrected chi connectivity index (χ1v) is 13.0. The van der Waals surface area contributed by atoms with E-state index in [9.17, 15) is 18.0 Å². The van der Waals surface area contributed by atoms with Crippen molar-refractivity contribution < 1.29 is 17.9 Å². The van der Waals surface area contributed by atoms with E-state index in [0.29, 0.717) is 25.4 Å². The molecule has 2 bridgehead atoms. The zero-order valence-electron chi connectivity index (χ0n) is 19.4. The van der Waals surface area contributed by atoms with E-state index >= 15 is 0 Å². The number of fused-ring (bicyclic) bond motifs is 4. The first-order valence-electron chi connectivity index (χ1n) is 11.6. The Morgan fingerprint density at radius 2 is 1.74 bits per heavy atom. The predicted octanol–water partition coefficient (Wildman–Crippen LogP) is 2.85. The molecule has 0 aliphatic carbocycles. The SMILES string of the molecule is COc1ccc(S(=O)(=O)N2CC3CC(C2)c2ccc(NC(=O)Cc4ccccc4)c(=O)n2C3)cc1. The molecule has 1 saturated heterocycles. The maximum Gasteiger partial charge on any atom is 0.274 e. The summed E-state index contributed by atoms with van der Waals surface area (Å²) in [5.74, 6) is 0.278. The number of benzene rings is 2. The maximum atomic E-state index is 13.3. The smallest absolute Gasteiger partial charge is 0.274 e. The standard InChI is InChI=1S/C26H27N3O5S/c1-34-21-7-9-22(10-8-21)35(32,33)28-15-19-13-20(17-28)24-12-11-23(26(31)29(24)16-19)27-25(30)14-18-5-3-2-4-6-18/h2-12,19-20H,13-17H2,1H3,(H,27,30). The summed E-state index contributed by atoms with van der Waals surface area (Å²) in [6, 6.07) is 19.2. The molecular weight excluding hydrogens is 466 g/mol. The van der Waals surface area contributed by atoms with Crippen LogP contribution in [0.2, 0.25) is 0 Å². The molecule has 0 saturated carbocycles. The second kappa shape index (κ2) is 9.31. The van der Waals surface area contributed by atoms with E-state index in [2.05, 4.69) is 5.32 Å². The van der Waals surface area contributed by atoms with Gasteiger partial charge < -0.3 is 14.6 Å². The van der Waals surface area contributed by atoms with Crippen molar-refractivity contribution in [3.8, 4) is 5.75 Å². The summed E-state index contributed by atoms with van der Waals surface area (Å²) in [7, 11) is -2.13. The molecule has 2 unspecified atom stereocenters. The van der Waals surface area contributed by atoms with Crippen molar-refractivity contribution in [2.24, 2.45) is 5.92 Å². The van der Waals surface area contributed by atoms with Gasteiger partial charge >= 0.3 is 0 Å². The van der Waals surface area contributed by atoms with Gasteiger partial charge in [-0.1, -0.05) is 30.3 Å². The third kappa shape index (κ3) is 4.61. The Morgan fingerprint density at radius 3 is 2.46 bits per heavy atom. The number of amides is 1. The van der Waals surface area contributed by atoms with Gasteiger partial charge in [-0.05, 0) is 54.3 Å². The summed E-state index contributed by atoms with van der Waals surface area (Å²) in [5.41, 5.74) is 1.68. The van der Waals surface area contributed by atoms with Gasteiger partial charge in [0.1, 0.15) is 11.4 Å². The Labute approximate surface area is 204 Å². The second-order valence-electron chi connectivity index (χ2n) is 9.09. The molecule has 2 aliphatic rings. The van der Waals surface area contributed by atoms with E-state index in [1.807, 2.05) is 36.4 Å². The number of rotatable bonds is 6. The van der Waals surface area contributed by atoms with Gasteiger partial charge in [-0.15, -0.1) is 0 Å². The highest BCUT2D eigenvalue weighted by Crippen LogP contribution is 2.37. The molecule has 0 radical (unpaired) electrons. The second-order valence-corrected chi connectivity index (χ2v) is 11.0. The van der Waals surface area contributed by atoms with Crippen molar-refractivity contribution in [1.82, 2.24) is 8.87 Å². The van der Waals surface area contributed by atoms with Crippen LogP contribution in [-0.4, -0.2) is 43.4 Å². The fourth-order valence-corrected chi connectivity index (χ4v) is 6.63. The summed E-state index contributed by atoms with van der Waals surface area (Å²) in [5, 5.41) is 2.75. The van der Waals surface area contributed by atoms with Crippen LogP contribution in [0.5, 0.6) is 5.75 Å². The Balaban J connectivity index is 1.35. The summed E-state index contributed by atoms with van der Waals surface area (Å²) >= 11 is 0. The molecule has 2 aliphatic heterocycles. The molecule has 0 spiro atoms. The summed E-state index contributed by atoms with van der Waals surface area (Å²) in [4.78, 5) is 25.9. The quantitative estimate of drug-likeness (QED) is 0.570. The molecule has 1 fully saturated rings. The minimum absolute atomic E-state index is 0.0160. The number of anilines is 1. The van der Waals surface area contributed by atoms with Crippen LogP contribution in [0, 0.1) is 5.92 Å². The topological polar surface area (TPSA) is 97.7 Å². The van der Waals surface area contributed by atoms with Crippen LogP contribution in [0.15, 0.2) is 76.4 Å². The van der Waals surface area contributed by atoms with Crippen molar-refractivity contribution in [1.29, 1.82) is 0 Å². The minimum atomic E-state index is -3.66. The van der Waals surface area contributed by atoms with Gasteiger partial charge in [0.2, 0.25) is 15.9 Å². The van der Waals surface area contributed by atoms with Gasteiger partial charge in [-0.25, -0.2) is 8.42 Å². The van der Waals surface area contributed by atoms with Crippen LogP contribution in [-0.2, 0) is 27.8 Å². The van der Waals surface area contributed by atoms with Gasteiger partial charge in [-0.3, -0.25) is 9.59 Å². The molecule has 1 amide bonds. The van der Waals surface area contributed by atoms with Crippen LogP contribution >= 0.6 is 0 Å². The number of piperidine rings is 1. The molecule has 2 aromatic carbocycles. The molecular formula is C26H27N3O5S. The molecule has 3 heterocycles. The Kier molecular flexibility index (Phi) is 6.21. The zero-order valence-corrected chi connectivity index (χ0v) is 20.2. The first kappa shape index (κ1) is 23.3. The van der Waals surface area contributed by atoms with Gasteiger partial charge in [-0.2, -0.15) is 4.31 Å². The fraction of sp³-hybridized carbons (Fsp3) is 0.308. The van der Waals surface area contributed by atoms with Gasteiger partial charge in [0.15, 0.2) is 0 Å². The van der Waals surface area contributed by atoms with Gasteiger partial charge in [0.25, 0.3) is 5.56 Å². The van der Waals surface area contributed by atoms with Crippen LogP contribution in [0.4, 0.5) is 5.69 Å².